The van der Waals surface area contributed by atoms with Crippen LogP contribution in [0.4, 0.5) is 11.4 Å². The molecule has 0 aliphatic rings. The monoisotopic (exact) mass is 494 g/mol. The molecule has 3 N–H and O–H groups in total. The number of methoxy groups -OCH3 is 2. The van der Waals surface area contributed by atoms with Crippen LogP contribution in [0.5, 0.6) is 11.5 Å². The van der Waals surface area contributed by atoms with Crippen molar-refractivity contribution in [1.82, 2.24) is 0 Å². The van der Waals surface area contributed by atoms with Gasteiger partial charge in [0.25, 0.3) is 5.91 Å². The Morgan fingerprint density at radius 1 is 0.886 bits per heavy atom. The Kier molecular flexibility index (Phi) is 8.74. The van der Waals surface area contributed by atoms with Gasteiger partial charge < -0.3 is 25.2 Å². The number of thioether (sulfide) groups is 1. The molecular weight excluding hydrogens is 468 g/mol. The number of rotatable bonds is 10. The lowest BCUT2D eigenvalue weighted by molar-refractivity contribution is -0.115. The van der Waals surface area contributed by atoms with Crippen LogP contribution in [0.25, 0.3) is 0 Å². The molecule has 3 aromatic carbocycles. The van der Waals surface area contributed by atoms with Gasteiger partial charge in [-0.3, -0.25) is 9.59 Å². The molecular formula is C26H26N2O6S. The van der Waals surface area contributed by atoms with Crippen molar-refractivity contribution >= 4 is 40.9 Å². The standard InChI is InChI=1S/C26H26N2O6S/c1-4-22(24(29)27-17-13-11-16(12-14-17)26(31)32)35-19-8-5-7-18(15-19)28-25(30)23-20(33-2)9-6-10-21(23)34-3/h5-15,22H,4H2,1-3H3,(H,27,29)(H,28,30)(H,31,32). The molecule has 0 heterocycles. The van der Waals surface area contributed by atoms with Crippen molar-refractivity contribution in [3.63, 3.8) is 0 Å². The van der Waals surface area contributed by atoms with Crippen LogP contribution in [-0.2, 0) is 4.79 Å². The number of carbonyl (C=O) groups is 3. The molecule has 3 aromatic rings. The zero-order valence-electron chi connectivity index (χ0n) is 19.5. The fraction of sp³-hybridized carbons (Fsp3) is 0.192. The molecule has 0 aliphatic heterocycles. The van der Waals surface area contributed by atoms with Gasteiger partial charge >= 0.3 is 5.97 Å². The molecule has 9 heteroatoms. The Morgan fingerprint density at radius 2 is 1.51 bits per heavy atom. The first kappa shape index (κ1) is 25.6. The van der Waals surface area contributed by atoms with Crippen molar-refractivity contribution in [1.29, 1.82) is 0 Å². The number of benzene rings is 3. The van der Waals surface area contributed by atoms with Crippen LogP contribution >= 0.6 is 11.8 Å². The average Bonchev–Trinajstić information content (AvgIpc) is 2.87. The van der Waals surface area contributed by atoms with E-state index in [1.165, 1.54) is 38.1 Å². The highest BCUT2D eigenvalue weighted by Gasteiger charge is 2.20. The summed E-state index contributed by atoms with van der Waals surface area (Å²) in [6.45, 7) is 1.91. The third-order valence-corrected chi connectivity index (χ3v) is 6.45. The average molecular weight is 495 g/mol. The lowest BCUT2D eigenvalue weighted by atomic mass is 10.1. The van der Waals surface area contributed by atoms with Crippen molar-refractivity contribution in [2.45, 2.75) is 23.5 Å². The van der Waals surface area contributed by atoms with Gasteiger partial charge in [0.05, 0.1) is 25.0 Å². The molecule has 0 aromatic heterocycles. The van der Waals surface area contributed by atoms with Crippen molar-refractivity contribution in [2.24, 2.45) is 0 Å². The summed E-state index contributed by atoms with van der Waals surface area (Å²) < 4.78 is 10.6. The van der Waals surface area contributed by atoms with Gasteiger partial charge in [-0.1, -0.05) is 19.1 Å². The van der Waals surface area contributed by atoms with E-state index in [2.05, 4.69) is 10.6 Å². The fourth-order valence-electron chi connectivity index (χ4n) is 3.32. The van der Waals surface area contributed by atoms with E-state index in [4.69, 9.17) is 14.6 Å². The predicted molar refractivity (Wildman–Crippen MR) is 136 cm³/mol. The third kappa shape index (κ3) is 6.54. The SMILES string of the molecule is CCC(Sc1cccc(NC(=O)c2c(OC)cccc2OC)c1)C(=O)Nc1ccc(C(=O)O)cc1. The zero-order chi connectivity index (χ0) is 25.4. The summed E-state index contributed by atoms with van der Waals surface area (Å²) in [5.41, 5.74) is 1.52. The van der Waals surface area contributed by atoms with Crippen molar-refractivity contribution < 1.29 is 29.0 Å². The van der Waals surface area contributed by atoms with E-state index in [1.807, 2.05) is 13.0 Å². The number of hydrogen-bond acceptors (Lipinski definition) is 6. The van der Waals surface area contributed by atoms with Gasteiger partial charge in [0.15, 0.2) is 0 Å². The van der Waals surface area contributed by atoms with Gasteiger partial charge in [0, 0.05) is 16.3 Å². The highest BCUT2D eigenvalue weighted by Crippen LogP contribution is 2.31. The number of hydrogen-bond donors (Lipinski definition) is 3. The summed E-state index contributed by atoms with van der Waals surface area (Å²) in [7, 11) is 2.97. The van der Waals surface area contributed by atoms with Crippen LogP contribution in [0.15, 0.2) is 71.6 Å². The van der Waals surface area contributed by atoms with E-state index in [1.54, 1.807) is 48.5 Å². The summed E-state index contributed by atoms with van der Waals surface area (Å²) in [4.78, 5) is 37.6. The van der Waals surface area contributed by atoms with Gasteiger partial charge in [-0.25, -0.2) is 4.79 Å². The largest absolute Gasteiger partial charge is 0.496 e. The molecule has 0 saturated heterocycles. The summed E-state index contributed by atoms with van der Waals surface area (Å²) >= 11 is 1.37. The first-order valence-electron chi connectivity index (χ1n) is 10.8. The van der Waals surface area contributed by atoms with Crippen molar-refractivity contribution in [3.05, 3.63) is 77.9 Å². The number of carboxylic acid groups (broad SMARTS) is 1. The third-order valence-electron chi connectivity index (χ3n) is 5.09. The van der Waals surface area contributed by atoms with Crippen molar-refractivity contribution in [2.75, 3.05) is 24.9 Å². The molecule has 0 spiro atoms. The smallest absolute Gasteiger partial charge is 0.335 e. The molecule has 182 valence electrons. The molecule has 0 radical (unpaired) electrons. The van der Waals surface area contributed by atoms with Gasteiger partial charge in [-0.05, 0) is 61.0 Å². The summed E-state index contributed by atoms with van der Waals surface area (Å²) in [5.74, 6) is -0.816. The second kappa shape index (κ2) is 11.9. The number of carbonyl (C=O) groups excluding carboxylic acids is 2. The second-order valence-corrected chi connectivity index (χ2v) is 8.68. The summed E-state index contributed by atoms with van der Waals surface area (Å²) in [6, 6.07) is 18.3. The molecule has 35 heavy (non-hydrogen) atoms. The van der Waals surface area contributed by atoms with Crippen molar-refractivity contribution in [3.8, 4) is 11.5 Å². The Hall–Kier alpha value is -3.98. The molecule has 0 fully saturated rings. The van der Waals surface area contributed by atoms with Crippen LogP contribution in [0, 0.1) is 0 Å². The van der Waals surface area contributed by atoms with Gasteiger partial charge in [-0.2, -0.15) is 0 Å². The molecule has 1 atom stereocenters. The number of anilines is 2. The molecule has 1 unspecified atom stereocenters. The lowest BCUT2D eigenvalue weighted by Gasteiger charge is -2.16. The topological polar surface area (TPSA) is 114 Å². The van der Waals surface area contributed by atoms with E-state index in [0.29, 0.717) is 29.3 Å². The maximum Gasteiger partial charge on any atom is 0.335 e. The van der Waals surface area contributed by atoms with E-state index >= 15 is 0 Å². The van der Waals surface area contributed by atoms with Crippen LogP contribution in [0.2, 0.25) is 0 Å². The molecule has 2 amide bonds. The second-order valence-electron chi connectivity index (χ2n) is 7.41. The fourth-order valence-corrected chi connectivity index (χ4v) is 4.33. The quantitative estimate of drug-likeness (QED) is 0.333. The molecule has 0 saturated carbocycles. The number of carboxylic acids is 1. The number of nitrogens with one attached hydrogen (secondary N) is 2. The van der Waals surface area contributed by atoms with E-state index < -0.39 is 11.2 Å². The van der Waals surface area contributed by atoms with E-state index in [0.717, 1.165) is 4.90 Å². The Bertz CT molecular complexity index is 1190. The number of amides is 2. The highest BCUT2D eigenvalue weighted by molar-refractivity contribution is 8.00. The lowest BCUT2D eigenvalue weighted by Crippen LogP contribution is -2.24. The minimum Gasteiger partial charge on any atom is -0.496 e. The van der Waals surface area contributed by atoms with E-state index in [9.17, 15) is 14.4 Å². The van der Waals surface area contributed by atoms with Crippen LogP contribution in [-0.4, -0.2) is 42.4 Å². The van der Waals surface area contributed by atoms with Crippen LogP contribution in [0.1, 0.15) is 34.1 Å². The predicted octanol–water partition coefficient (Wildman–Crippen LogP) is 5.16. The number of aromatic carboxylic acids is 1. The number of ether oxygens (including phenoxy) is 2. The van der Waals surface area contributed by atoms with E-state index in [-0.39, 0.29) is 22.9 Å². The van der Waals surface area contributed by atoms with Gasteiger partial charge in [-0.15, -0.1) is 11.8 Å². The molecule has 8 nitrogen and oxygen atoms in total. The Labute approximate surface area is 207 Å². The highest BCUT2D eigenvalue weighted by atomic mass is 32.2. The maximum absolute atomic E-state index is 13.0. The minimum atomic E-state index is -1.03. The molecule has 3 rings (SSSR count). The maximum atomic E-state index is 13.0. The summed E-state index contributed by atoms with van der Waals surface area (Å²) in [5, 5.41) is 14.3. The first-order valence-corrected chi connectivity index (χ1v) is 11.7. The first-order chi connectivity index (χ1) is 16.9. The van der Waals surface area contributed by atoms with Gasteiger partial charge in [0.2, 0.25) is 5.91 Å². The molecule has 0 bridgehead atoms. The van der Waals surface area contributed by atoms with Crippen LogP contribution < -0.4 is 20.1 Å². The Balaban J connectivity index is 1.70. The molecule has 0 aliphatic carbocycles. The summed E-state index contributed by atoms with van der Waals surface area (Å²) in [6.07, 6.45) is 0.568. The minimum absolute atomic E-state index is 0.147. The van der Waals surface area contributed by atoms with Crippen LogP contribution in [0.3, 0.4) is 0 Å². The van der Waals surface area contributed by atoms with Gasteiger partial charge in [0.1, 0.15) is 17.1 Å². The normalized spacial score (nSPS) is 11.3. The Morgan fingerprint density at radius 3 is 2.09 bits per heavy atom. The zero-order valence-corrected chi connectivity index (χ0v) is 20.3.